The van der Waals surface area contributed by atoms with E-state index in [9.17, 15) is 4.79 Å². The van der Waals surface area contributed by atoms with E-state index >= 15 is 8.78 Å². The fourth-order valence-electron chi connectivity index (χ4n) is 6.07. The van der Waals surface area contributed by atoms with Gasteiger partial charge in [-0.05, 0) is 80.0 Å². The molecule has 1 amide bonds. The number of carbonyl (C=O) groups is 1. The van der Waals surface area contributed by atoms with E-state index in [1.54, 1.807) is 42.7 Å². The number of nitrogens with one attached hydrogen (secondary N) is 1. The number of methoxy groups -OCH3 is 1. The van der Waals surface area contributed by atoms with Crippen molar-refractivity contribution >= 4 is 23.2 Å². The number of fused-ring (bicyclic) bond motifs is 1. The van der Waals surface area contributed by atoms with Crippen LogP contribution in [0, 0.1) is 17.6 Å². The Morgan fingerprint density at radius 3 is 2.60 bits per heavy atom. The number of aromatic nitrogens is 4. The van der Waals surface area contributed by atoms with Gasteiger partial charge in [0.05, 0.1) is 60.7 Å². The Balaban J connectivity index is 1.41. The molecule has 3 aromatic heterocycles. The lowest BCUT2D eigenvalue weighted by Crippen LogP contribution is -2.55. The van der Waals surface area contributed by atoms with Crippen molar-refractivity contribution in [3.8, 4) is 11.3 Å². The third kappa shape index (κ3) is 6.30. The zero-order chi connectivity index (χ0) is 30.8. The first-order chi connectivity index (χ1) is 20.6. The summed E-state index contributed by atoms with van der Waals surface area (Å²) >= 11 is 0. The van der Waals surface area contributed by atoms with E-state index in [0.29, 0.717) is 23.4 Å². The first kappa shape index (κ1) is 30.3. The SMILES string of the molecule is COC(=O)N(C)C1C(C)CC(c2ccncc2Nc2ncc3ccc(-c4c(F)cc(COC(C)C)cc4F)nn23)CC1N. The second kappa shape index (κ2) is 12.6. The number of likely N-dealkylation sites (N-methyl/N-ethyl adjacent to an activating group) is 1. The molecule has 0 spiro atoms. The number of nitrogens with zero attached hydrogens (tertiary/aromatic N) is 5. The molecule has 1 aliphatic rings. The standard InChI is InChI=1S/C31H37F2N7O3/c1-17(2)43-16-19-11-23(32)28(24(33)12-19)26-7-6-21-14-36-30(40(21)38-26)37-27-15-35-9-8-22(27)20-10-18(3)29(25(34)13-20)39(4)31(41)42-5/h6-9,11-12,14-15,17-18,20,25,29H,10,13,16,34H2,1-5H3,(H,36,37). The predicted octanol–water partition coefficient (Wildman–Crippen LogP) is 5.65. The van der Waals surface area contributed by atoms with E-state index < -0.39 is 17.7 Å². The number of rotatable bonds is 8. The number of anilines is 2. The van der Waals surface area contributed by atoms with Gasteiger partial charge in [0.1, 0.15) is 11.6 Å². The number of pyridine rings is 1. The molecule has 3 N–H and O–H groups in total. The van der Waals surface area contributed by atoms with Crippen molar-refractivity contribution < 1.29 is 23.0 Å². The largest absolute Gasteiger partial charge is 0.453 e. The maximum atomic E-state index is 15.1. The summed E-state index contributed by atoms with van der Waals surface area (Å²) in [7, 11) is 3.07. The van der Waals surface area contributed by atoms with E-state index in [4.69, 9.17) is 15.2 Å². The van der Waals surface area contributed by atoms with Gasteiger partial charge in [0.2, 0.25) is 5.95 Å². The van der Waals surface area contributed by atoms with Gasteiger partial charge in [0.15, 0.2) is 0 Å². The van der Waals surface area contributed by atoms with Gasteiger partial charge in [0.25, 0.3) is 0 Å². The predicted molar refractivity (Wildman–Crippen MR) is 159 cm³/mol. The summed E-state index contributed by atoms with van der Waals surface area (Å²) in [5, 5.41) is 7.86. The van der Waals surface area contributed by atoms with Crippen LogP contribution in [0.2, 0.25) is 0 Å². The summed E-state index contributed by atoms with van der Waals surface area (Å²) in [6.07, 6.45) is 6.03. The minimum atomic E-state index is -0.725. The maximum absolute atomic E-state index is 15.1. The van der Waals surface area contributed by atoms with E-state index in [1.165, 1.54) is 23.8 Å². The summed E-state index contributed by atoms with van der Waals surface area (Å²) in [5.74, 6) is -0.878. The Labute approximate surface area is 249 Å². The molecule has 4 atom stereocenters. The van der Waals surface area contributed by atoms with Crippen molar-refractivity contribution in [2.45, 2.75) is 64.3 Å². The van der Waals surface area contributed by atoms with Crippen molar-refractivity contribution in [2.24, 2.45) is 11.7 Å². The van der Waals surface area contributed by atoms with Gasteiger partial charge in [0, 0.05) is 19.3 Å². The molecule has 1 fully saturated rings. The number of hydrogen-bond donors (Lipinski definition) is 2. The number of ether oxygens (including phenoxy) is 2. The van der Waals surface area contributed by atoms with Crippen LogP contribution in [0.25, 0.3) is 16.8 Å². The second-order valence-corrected chi connectivity index (χ2v) is 11.4. The van der Waals surface area contributed by atoms with Crippen LogP contribution in [0.3, 0.4) is 0 Å². The molecule has 1 saturated carbocycles. The van der Waals surface area contributed by atoms with E-state index in [1.807, 2.05) is 19.9 Å². The highest BCUT2D eigenvalue weighted by molar-refractivity contribution is 5.68. The van der Waals surface area contributed by atoms with Crippen LogP contribution in [-0.2, 0) is 16.1 Å². The molecule has 228 valence electrons. The van der Waals surface area contributed by atoms with Gasteiger partial charge < -0.3 is 25.4 Å². The molecule has 10 nitrogen and oxygen atoms in total. The lowest BCUT2D eigenvalue weighted by molar-refractivity contribution is 0.0654. The van der Waals surface area contributed by atoms with Crippen LogP contribution < -0.4 is 11.1 Å². The van der Waals surface area contributed by atoms with Crippen LogP contribution in [-0.4, -0.2) is 62.9 Å². The van der Waals surface area contributed by atoms with E-state index in [0.717, 1.165) is 17.7 Å². The number of hydrogen-bond acceptors (Lipinski definition) is 8. The first-order valence-corrected chi connectivity index (χ1v) is 14.3. The van der Waals surface area contributed by atoms with Crippen LogP contribution in [0.5, 0.6) is 0 Å². The Bertz CT molecular complexity index is 1580. The monoisotopic (exact) mass is 593 g/mol. The summed E-state index contributed by atoms with van der Waals surface area (Å²) < 4.78 is 42.2. The molecule has 0 aliphatic heterocycles. The topological polar surface area (TPSA) is 120 Å². The minimum Gasteiger partial charge on any atom is -0.453 e. The number of imidazole rings is 1. The van der Waals surface area contributed by atoms with Crippen LogP contribution >= 0.6 is 0 Å². The van der Waals surface area contributed by atoms with Gasteiger partial charge in [-0.25, -0.2) is 18.6 Å². The van der Waals surface area contributed by atoms with Crippen molar-refractivity contribution in [3.63, 3.8) is 0 Å². The molecule has 4 aromatic rings. The van der Waals surface area contributed by atoms with Gasteiger partial charge >= 0.3 is 6.09 Å². The number of nitrogens with two attached hydrogens (primary N) is 1. The molecule has 1 aromatic carbocycles. The fraction of sp³-hybridized carbons (Fsp3) is 0.419. The van der Waals surface area contributed by atoms with E-state index in [-0.39, 0.29) is 47.9 Å². The second-order valence-electron chi connectivity index (χ2n) is 11.4. The molecular weight excluding hydrogens is 556 g/mol. The van der Waals surface area contributed by atoms with Gasteiger partial charge in [-0.3, -0.25) is 4.98 Å². The van der Waals surface area contributed by atoms with E-state index in [2.05, 4.69) is 27.3 Å². The highest BCUT2D eigenvalue weighted by Gasteiger charge is 2.39. The normalized spacial score (nSPS) is 20.4. The smallest absolute Gasteiger partial charge is 0.409 e. The Hall–Kier alpha value is -4.16. The molecule has 5 rings (SSSR count). The molecular formula is C31H37F2N7O3. The van der Waals surface area contributed by atoms with Crippen LogP contribution in [0.15, 0.2) is 48.9 Å². The molecule has 0 saturated heterocycles. The summed E-state index contributed by atoms with van der Waals surface area (Å²) in [6.45, 7) is 5.91. The third-order valence-corrected chi connectivity index (χ3v) is 8.01. The van der Waals surface area contributed by atoms with Crippen molar-refractivity contribution in [2.75, 3.05) is 19.5 Å². The summed E-state index contributed by atoms with van der Waals surface area (Å²) in [6, 6.07) is 7.34. The van der Waals surface area contributed by atoms with Crippen molar-refractivity contribution in [1.82, 2.24) is 24.5 Å². The van der Waals surface area contributed by atoms with Crippen LogP contribution in [0.1, 0.15) is 50.7 Å². The molecule has 0 radical (unpaired) electrons. The fourth-order valence-corrected chi connectivity index (χ4v) is 6.07. The van der Waals surface area contributed by atoms with Gasteiger partial charge in [-0.2, -0.15) is 9.61 Å². The third-order valence-electron chi connectivity index (χ3n) is 8.01. The number of benzene rings is 1. The summed E-state index contributed by atoms with van der Waals surface area (Å²) in [4.78, 5) is 22.5. The Morgan fingerprint density at radius 1 is 1.19 bits per heavy atom. The average Bonchev–Trinajstić information content (AvgIpc) is 3.37. The van der Waals surface area contributed by atoms with Crippen LogP contribution in [0.4, 0.5) is 25.2 Å². The number of carbonyl (C=O) groups excluding carboxylic acids is 1. The maximum Gasteiger partial charge on any atom is 0.409 e. The molecule has 0 bridgehead atoms. The molecule has 3 heterocycles. The Morgan fingerprint density at radius 2 is 1.93 bits per heavy atom. The molecule has 4 unspecified atom stereocenters. The number of amides is 1. The van der Waals surface area contributed by atoms with Crippen molar-refractivity contribution in [3.05, 3.63) is 71.7 Å². The highest BCUT2D eigenvalue weighted by atomic mass is 19.1. The number of halogens is 2. The minimum absolute atomic E-state index is 0.0641. The molecule has 12 heteroatoms. The molecule has 43 heavy (non-hydrogen) atoms. The lowest BCUT2D eigenvalue weighted by Gasteiger charge is -2.43. The first-order valence-electron chi connectivity index (χ1n) is 14.3. The zero-order valence-electron chi connectivity index (χ0n) is 24.9. The van der Waals surface area contributed by atoms with Gasteiger partial charge in [-0.1, -0.05) is 6.92 Å². The lowest BCUT2D eigenvalue weighted by atomic mass is 9.73. The van der Waals surface area contributed by atoms with Gasteiger partial charge in [-0.15, -0.1) is 0 Å². The van der Waals surface area contributed by atoms with Crippen molar-refractivity contribution in [1.29, 1.82) is 0 Å². The summed E-state index contributed by atoms with van der Waals surface area (Å²) in [5.41, 5.74) is 9.27. The quantitative estimate of drug-likeness (QED) is 0.269. The zero-order valence-corrected chi connectivity index (χ0v) is 24.9. The Kier molecular flexibility index (Phi) is 8.88. The highest BCUT2D eigenvalue weighted by Crippen LogP contribution is 2.40. The molecule has 1 aliphatic carbocycles. The average molecular weight is 594 g/mol.